The van der Waals surface area contributed by atoms with Gasteiger partial charge in [-0.3, -0.25) is 0 Å². The summed E-state index contributed by atoms with van der Waals surface area (Å²) in [6, 6.07) is 16.4. The van der Waals surface area contributed by atoms with Gasteiger partial charge in [0.1, 0.15) is 5.69 Å². The molecule has 0 atom stereocenters. The maximum atomic E-state index is 6.31. The monoisotopic (exact) mass is 355 g/mol. The first-order valence-corrected chi connectivity index (χ1v) is 8.12. The number of aryl methyl sites for hydroxylation is 2. The second kappa shape index (κ2) is 5.40. The summed E-state index contributed by atoms with van der Waals surface area (Å²) in [4.78, 5) is 3.57. The second-order valence-corrected chi connectivity index (χ2v) is 6.51. The summed E-state index contributed by atoms with van der Waals surface area (Å²) >= 11 is 6.22. The molecule has 2 aromatic heterocycles. The highest BCUT2D eigenvalue weighted by Gasteiger charge is 2.29. The number of nitrogens with two attached hydrogens (primary N) is 1. The molecular weight excluding hydrogens is 341 g/mol. The zero-order valence-electron chi connectivity index (χ0n) is 12.8. The Morgan fingerprint density at radius 2 is 1.88 bits per heavy atom. The number of halogens is 2. The number of nitrogens with zero attached hydrogens (tertiary/aromatic N) is 1. The smallest absolute Gasteiger partial charge is 0.231 e. The summed E-state index contributed by atoms with van der Waals surface area (Å²) in [5, 5.41) is 3.09. The van der Waals surface area contributed by atoms with Crippen LogP contribution in [0.15, 0.2) is 48.5 Å². The average molecular weight is 356 g/mol. The van der Waals surface area contributed by atoms with E-state index in [2.05, 4.69) is 39.9 Å². The van der Waals surface area contributed by atoms with E-state index in [0.717, 1.165) is 40.3 Å². The van der Waals surface area contributed by atoms with Crippen molar-refractivity contribution in [2.24, 2.45) is 0 Å². The molecule has 0 amide bonds. The molecule has 24 heavy (non-hydrogen) atoms. The summed E-state index contributed by atoms with van der Waals surface area (Å²) in [7, 11) is 0. The first-order chi connectivity index (χ1) is 11.2. The van der Waals surface area contributed by atoms with Crippen LogP contribution in [0.5, 0.6) is 0 Å². The predicted octanol–water partition coefficient (Wildman–Crippen LogP) is 1.07. The molecule has 5 heteroatoms. The fourth-order valence-corrected chi connectivity index (χ4v) is 3.92. The van der Waals surface area contributed by atoms with Crippen LogP contribution in [-0.2, 0) is 13.0 Å². The quantitative estimate of drug-likeness (QED) is 0.455. The van der Waals surface area contributed by atoms with Gasteiger partial charge in [-0.2, -0.15) is 4.57 Å². The van der Waals surface area contributed by atoms with E-state index in [0.29, 0.717) is 0 Å². The van der Waals surface area contributed by atoms with E-state index >= 15 is 0 Å². The number of nitrogen functional groups attached to an aromatic ring is 1. The number of pyridine rings is 1. The Kier molecular flexibility index (Phi) is 3.44. The molecule has 4 aromatic rings. The Morgan fingerprint density at radius 1 is 1.04 bits per heavy atom. The molecule has 0 fully saturated rings. The summed E-state index contributed by atoms with van der Waals surface area (Å²) in [5.41, 5.74) is 13.1. The maximum Gasteiger partial charge on any atom is 0.231 e. The van der Waals surface area contributed by atoms with Crippen LogP contribution in [0.2, 0.25) is 5.02 Å². The topological polar surface area (TPSA) is 45.7 Å². The molecule has 5 rings (SSSR count). The minimum Gasteiger partial charge on any atom is -1.00 e. The van der Waals surface area contributed by atoms with Crippen LogP contribution in [0, 0.1) is 0 Å². The zero-order valence-corrected chi connectivity index (χ0v) is 14.3. The maximum absolute atomic E-state index is 6.31. The largest absolute Gasteiger partial charge is 1.00 e. The van der Waals surface area contributed by atoms with Gasteiger partial charge in [0.15, 0.2) is 6.54 Å². The average Bonchev–Trinajstić information content (AvgIpc) is 2.94. The van der Waals surface area contributed by atoms with E-state index in [9.17, 15) is 0 Å². The normalized spacial score (nSPS) is 12.7. The first kappa shape index (κ1) is 15.3. The molecule has 3 heterocycles. The third-order valence-corrected chi connectivity index (χ3v) is 5.03. The van der Waals surface area contributed by atoms with Gasteiger partial charge < -0.3 is 23.1 Å². The van der Waals surface area contributed by atoms with E-state index in [1.54, 1.807) is 0 Å². The van der Waals surface area contributed by atoms with E-state index in [-0.39, 0.29) is 12.4 Å². The van der Waals surface area contributed by atoms with Crippen molar-refractivity contribution in [3.05, 3.63) is 59.1 Å². The molecule has 0 saturated heterocycles. The van der Waals surface area contributed by atoms with Gasteiger partial charge in [-0.05, 0) is 23.8 Å². The predicted molar refractivity (Wildman–Crippen MR) is 94.6 cm³/mol. The minimum atomic E-state index is 0. The molecule has 0 bridgehead atoms. The second-order valence-electron chi connectivity index (χ2n) is 6.07. The number of benzene rings is 2. The lowest BCUT2D eigenvalue weighted by Gasteiger charge is -2.14. The summed E-state index contributed by atoms with van der Waals surface area (Å²) < 4.78 is 2.31. The number of aromatic amines is 1. The van der Waals surface area contributed by atoms with E-state index in [1.807, 2.05) is 18.2 Å². The third-order valence-electron chi connectivity index (χ3n) is 4.80. The summed E-state index contributed by atoms with van der Waals surface area (Å²) in [5.74, 6) is 0. The van der Waals surface area contributed by atoms with E-state index in [4.69, 9.17) is 17.3 Å². The minimum absolute atomic E-state index is 0. The van der Waals surface area contributed by atoms with Crippen LogP contribution in [0.25, 0.3) is 33.2 Å². The van der Waals surface area contributed by atoms with Crippen molar-refractivity contribution in [2.75, 3.05) is 5.73 Å². The van der Waals surface area contributed by atoms with Crippen molar-refractivity contribution >= 4 is 39.1 Å². The van der Waals surface area contributed by atoms with Crippen molar-refractivity contribution in [3.63, 3.8) is 0 Å². The Bertz CT molecular complexity index is 1100. The molecule has 0 aliphatic carbocycles. The SMILES string of the molecule is Nc1cc2[n+](c3cc(Cl)ccc13)CCc1c-2[nH]c2ccccc12.[Cl-]. The van der Waals surface area contributed by atoms with Crippen molar-refractivity contribution < 1.29 is 17.0 Å². The van der Waals surface area contributed by atoms with Crippen molar-refractivity contribution in [3.8, 4) is 11.4 Å². The number of para-hydroxylation sites is 1. The number of anilines is 1. The Morgan fingerprint density at radius 3 is 2.75 bits per heavy atom. The molecule has 1 aliphatic rings. The van der Waals surface area contributed by atoms with Crippen molar-refractivity contribution in [1.82, 2.24) is 4.98 Å². The van der Waals surface area contributed by atoms with Crippen LogP contribution in [0.1, 0.15) is 5.56 Å². The van der Waals surface area contributed by atoms with Crippen LogP contribution in [0.3, 0.4) is 0 Å². The lowest BCUT2D eigenvalue weighted by Crippen LogP contribution is -3.00. The molecule has 120 valence electrons. The van der Waals surface area contributed by atoms with Crippen LogP contribution in [0.4, 0.5) is 5.69 Å². The first-order valence-electron chi connectivity index (χ1n) is 7.74. The van der Waals surface area contributed by atoms with Gasteiger partial charge >= 0.3 is 0 Å². The Labute approximate surface area is 150 Å². The van der Waals surface area contributed by atoms with E-state index < -0.39 is 0 Å². The molecule has 0 saturated carbocycles. The van der Waals surface area contributed by atoms with Gasteiger partial charge in [-0.25, -0.2) is 0 Å². The van der Waals surface area contributed by atoms with Crippen LogP contribution < -0.4 is 22.7 Å². The number of hydrogen-bond donors (Lipinski definition) is 2. The van der Waals surface area contributed by atoms with Gasteiger partial charge in [0.2, 0.25) is 11.2 Å². The fourth-order valence-electron chi connectivity index (χ4n) is 3.75. The molecule has 1 aliphatic heterocycles. The standard InChI is InChI=1S/C19H14ClN3.ClH/c20-11-5-6-14-15(21)10-18-19-13(7-8-23(18)17(14)9-11)12-3-1-2-4-16(12)22-19;/h1-6,9-10H,7-8H2,(H2,21,22);1H. The molecule has 2 aromatic carbocycles. The lowest BCUT2D eigenvalue weighted by atomic mass is 10.00. The number of rotatable bonds is 0. The number of fused-ring (bicyclic) bond motifs is 7. The summed E-state index contributed by atoms with van der Waals surface area (Å²) in [6.07, 6.45) is 1.00. The number of H-pyrrole nitrogens is 1. The van der Waals surface area contributed by atoms with Gasteiger partial charge in [0.25, 0.3) is 0 Å². The third kappa shape index (κ3) is 2.02. The van der Waals surface area contributed by atoms with Crippen LogP contribution in [-0.4, -0.2) is 4.98 Å². The van der Waals surface area contributed by atoms with E-state index in [1.165, 1.54) is 22.2 Å². The van der Waals surface area contributed by atoms with Crippen molar-refractivity contribution in [2.45, 2.75) is 13.0 Å². The summed E-state index contributed by atoms with van der Waals surface area (Å²) in [6.45, 7) is 0.932. The number of nitrogens with one attached hydrogen (secondary N) is 1. The van der Waals surface area contributed by atoms with Gasteiger partial charge in [0, 0.05) is 34.5 Å². The molecule has 3 N–H and O–H groups in total. The van der Waals surface area contributed by atoms with Gasteiger partial charge in [-0.15, -0.1) is 0 Å². The molecule has 0 unspecified atom stereocenters. The van der Waals surface area contributed by atoms with Crippen LogP contribution >= 0.6 is 11.6 Å². The number of hydrogen-bond acceptors (Lipinski definition) is 1. The number of aromatic nitrogens is 2. The molecule has 0 spiro atoms. The molecule has 0 radical (unpaired) electrons. The molecular formula is C19H15Cl2N3. The Balaban J connectivity index is 0.00000146. The molecule has 3 nitrogen and oxygen atoms in total. The van der Waals surface area contributed by atoms with Crippen molar-refractivity contribution in [1.29, 1.82) is 0 Å². The Hall–Kier alpha value is -2.23. The lowest BCUT2D eigenvalue weighted by molar-refractivity contribution is -0.661. The highest BCUT2D eigenvalue weighted by atomic mass is 35.5. The fraction of sp³-hybridized carbons (Fsp3) is 0.105. The highest BCUT2D eigenvalue weighted by molar-refractivity contribution is 6.31. The van der Waals surface area contributed by atoms with Gasteiger partial charge in [0.05, 0.1) is 11.1 Å². The highest BCUT2D eigenvalue weighted by Crippen LogP contribution is 2.34. The zero-order chi connectivity index (χ0) is 15.6. The van der Waals surface area contributed by atoms with Gasteiger partial charge in [-0.1, -0.05) is 29.8 Å².